The average molecular weight is 361 g/mol. The zero-order chi connectivity index (χ0) is 17.5. The SMILES string of the molecule is CCC(C)C(=O)OCCNC(=O)OC1C2CC3C1OS(=O)(=O)C3C2. The molecule has 1 heterocycles. The van der Waals surface area contributed by atoms with Gasteiger partial charge < -0.3 is 14.8 Å². The fourth-order valence-electron chi connectivity index (χ4n) is 3.82. The lowest BCUT2D eigenvalue weighted by molar-refractivity contribution is -0.147. The Labute approximate surface area is 141 Å². The number of amides is 1. The van der Waals surface area contributed by atoms with Gasteiger partial charge in [-0.2, -0.15) is 8.42 Å². The minimum Gasteiger partial charge on any atom is -0.464 e. The van der Waals surface area contributed by atoms with Crippen molar-refractivity contribution < 1.29 is 31.7 Å². The van der Waals surface area contributed by atoms with Crippen molar-refractivity contribution in [1.82, 2.24) is 5.32 Å². The minimum atomic E-state index is -3.51. The lowest BCUT2D eigenvalue weighted by Crippen LogP contribution is -2.40. The van der Waals surface area contributed by atoms with Gasteiger partial charge in [-0.1, -0.05) is 13.8 Å². The third-order valence-electron chi connectivity index (χ3n) is 5.29. The Morgan fingerprint density at radius 3 is 2.79 bits per heavy atom. The molecular weight excluding hydrogens is 338 g/mol. The van der Waals surface area contributed by atoms with E-state index in [-0.39, 0.29) is 36.9 Å². The number of carbonyl (C=O) groups is 2. The molecule has 3 rings (SSSR count). The van der Waals surface area contributed by atoms with Gasteiger partial charge in [0.1, 0.15) is 18.8 Å². The number of alkyl carbamates (subject to hydrolysis) is 1. The smallest absolute Gasteiger partial charge is 0.407 e. The summed E-state index contributed by atoms with van der Waals surface area (Å²) in [5, 5.41) is 2.08. The van der Waals surface area contributed by atoms with E-state index < -0.39 is 33.7 Å². The fraction of sp³-hybridized carbons (Fsp3) is 0.867. The molecular formula is C15H23NO7S. The van der Waals surface area contributed by atoms with Gasteiger partial charge in [0.2, 0.25) is 0 Å². The Kier molecular flexibility index (Phi) is 4.74. The van der Waals surface area contributed by atoms with Crippen LogP contribution in [0.3, 0.4) is 0 Å². The molecule has 2 saturated carbocycles. The van der Waals surface area contributed by atoms with E-state index in [2.05, 4.69) is 5.32 Å². The van der Waals surface area contributed by atoms with Crippen molar-refractivity contribution in [2.75, 3.05) is 13.2 Å². The van der Waals surface area contributed by atoms with Crippen LogP contribution in [0.2, 0.25) is 0 Å². The molecule has 0 radical (unpaired) electrons. The van der Waals surface area contributed by atoms with Crippen LogP contribution in [0.15, 0.2) is 0 Å². The summed E-state index contributed by atoms with van der Waals surface area (Å²) in [6.45, 7) is 3.90. The van der Waals surface area contributed by atoms with Crippen LogP contribution < -0.4 is 5.32 Å². The maximum absolute atomic E-state index is 11.9. The molecule has 1 amide bonds. The van der Waals surface area contributed by atoms with Crippen molar-refractivity contribution in [3.63, 3.8) is 0 Å². The van der Waals surface area contributed by atoms with Crippen LogP contribution in [0, 0.1) is 17.8 Å². The number of hydrogen-bond donors (Lipinski definition) is 1. The standard InChI is InChI=1S/C15H23NO7S/c1-3-8(2)14(17)21-5-4-16-15(18)22-12-9-6-10-11(7-9)24(19,20)23-13(10)12/h8-13H,3-7H2,1-2H3,(H,16,18). The number of carbonyl (C=O) groups excluding carboxylic acids is 2. The number of esters is 1. The molecule has 3 aliphatic rings. The van der Waals surface area contributed by atoms with Crippen molar-refractivity contribution in [3.8, 4) is 0 Å². The first-order chi connectivity index (χ1) is 11.3. The number of hydrogen-bond acceptors (Lipinski definition) is 7. The zero-order valence-electron chi connectivity index (χ0n) is 13.8. The summed E-state index contributed by atoms with van der Waals surface area (Å²) in [5.41, 5.74) is 0. The second-order valence-electron chi connectivity index (χ2n) is 6.76. The molecule has 1 saturated heterocycles. The van der Waals surface area contributed by atoms with Gasteiger partial charge in [0.05, 0.1) is 17.7 Å². The maximum Gasteiger partial charge on any atom is 0.407 e. The van der Waals surface area contributed by atoms with Gasteiger partial charge >= 0.3 is 12.1 Å². The Morgan fingerprint density at radius 2 is 2.08 bits per heavy atom. The number of fused-ring (bicyclic) bond motifs is 1. The lowest BCUT2D eigenvalue weighted by atomic mass is 9.94. The summed E-state index contributed by atoms with van der Waals surface area (Å²) in [4.78, 5) is 23.4. The molecule has 8 nitrogen and oxygen atoms in total. The molecule has 136 valence electrons. The molecule has 2 aliphatic carbocycles. The van der Waals surface area contributed by atoms with Gasteiger partial charge in [0.15, 0.2) is 0 Å². The second kappa shape index (κ2) is 6.51. The molecule has 3 fully saturated rings. The molecule has 6 unspecified atom stereocenters. The van der Waals surface area contributed by atoms with Crippen molar-refractivity contribution in [1.29, 1.82) is 0 Å². The fourth-order valence-corrected chi connectivity index (χ4v) is 5.70. The topological polar surface area (TPSA) is 108 Å². The molecule has 1 aliphatic heterocycles. The van der Waals surface area contributed by atoms with Gasteiger partial charge in [0.25, 0.3) is 10.1 Å². The van der Waals surface area contributed by atoms with Crippen LogP contribution in [0.4, 0.5) is 4.79 Å². The highest BCUT2D eigenvalue weighted by atomic mass is 32.2. The van der Waals surface area contributed by atoms with Crippen LogP contribution in [-0.4, -0.2) is 51.1 Å². The van der Waals surface area contributed by atoms with E-state index in [9.17, 15) is 18.0 Å². The molecule has 0 aromatic heterocycles. The molecule has 0 aromatic carbocycles. The van der Waals surface area contributed by atoms with Crippen molar-refractivity contribution in [3.05, 3.63) is 0 Å². The van der Waals surface area contributed by atoms with Crippen LogP contribution >= 0.6 is 0 Å². The number of rotatable bonds is 6. The Balaban J connectivity index is 1.42. The summed E-state index contributed by atoms with van der Waals surface area (Å²) in [5.74, 6) is -0.484. The van der Waals surface area contributed by atoms with E-state index in [0.29, 0.717) is 12.8 Å². The lowest BCUT2D eigenvalue weighted by Gasteiger charge is -2.24. The van der Waals surface area contributed by atoms with Crippen LogP contribution in [0.25, 0.3) is 0 Å². The van der Waals surface area contributed by atoms with Crippen molar-refractivity contribution in [2.45, 2.75) is 50.6 Å². The Bertz CT molecular complexity index is 619. The molecule has 1 N–H and O–H groups in total. The van der Waals surface area contributed by atoms with E-state index in [4.69, 9.17) is 13.7 Å². The van der Waals surface area contributed by atoms with Crippen LogP contribution in [0.5, 0.6) is 0 Å². The Hall–Kier alpha value is -1.35. The minimum absolute atomic E-state index is 0.0382. The van der Waals surface area contributed by atoms with Gasteiger partial charge in [-0.25, -0.2) is 4.79 Å². The van der Waals surface area contributed by atoms with Crippen LogP contribution in [-0.2, 0) is 28.6 Å². The van der Waals surface area contributed by atoms with Crippen molar-refractivity contribution >= 4 is 22.2 Å². The summed E-state index contributed by atoms with van der Waals surface area (Å²) >= 11 is 0. The normalized spacial score (nSPS) is 36.3. The van der Waals surface area contributed by atoms with Crippen molar-refractivity contribution in [2.24, 2.45) is 17.8 Å². The zero-order valence-corrected chi connectivity index (χ0v) is 14.6. The number of ether oxygens (including phenoxy) is 2. The highest BCUT2D eigenvalue weighted by Crippen LogP contribution is 2.55. The van der Waals surface area contributed by atoms with E-state index in [1.165, 1.54) is 0 Å². The summed E-state index contributed by atoms with van der Waals surface area (Å²) in [6, 6.07) is 0. The predicted octanol–water partition coefficient (Wildman–Crippen LogP) is 0.808. The Morgan fingerprint density at radius 1 is 1.33 bits per heavy atom. The summed E-state index contributed by atoms with van der Waals surface area (Å²) in [7, 11) is -3.51. The molecule has 0 spiro atoms. The quantitative estimate of drug-likeness (QED) is 0.424. The summed E-state index contributed by atoms with van der Waals surface area (Å²) < 4.78 is 39.2. The van der Waals surface area contributed by atoms with Gasteiger partial charge in [0, 0.05) is 11.8 Å². The third-order valence-corrected chi connectivity index (χ3v) is 7.06. The predicted molar refractivity (Wildman–Crippen MR) is 82.5 cm³/mol. The van der Waals surface area contributed by atoms with Gasteiger partial charge in [-0.3, -0.25) is 8.98 Å². The molecule has 2 bridgehead atoms. The van der Waals surface area contributed by atoms with E-state index in [1.807, 2.05) is 6.92 Å². The molecule has 0 aromatic rings. The van der Waals surface area contributed by atoms with E-state index in [0.717, 1.165) is 6.42 Å². The first-order valence-electron chi connectivity index (χ1n) is 8.36. The first kappa shape index (κ1) is 17.5. The molecule has 9 heteroatoms. The highest BCUT2D eigenvalue weighted by molar-refractivity contribution is 7.87. The van der Waals surface area contributed by atoms with Gasteiger partial charge in [-0.15, -0.1) is 0 Å². The molecule has 6 atom stereocenters. The van der Waals surface area contributed by atoms with E-state index >= 15 is 0 Å². The summed E-state index contributed by atoms with van der Waals surface area (Å²) in [6.07, 6.45) is 0.201. The monoisotopic (exact) mass is 361 g/mol. The first-order valence-corrected chi connectivity index (χ1v) is 9.83. The largest absolute Gasteiger partial charge is 0.464 e. The van der Waals surface area contributed by atoms with Crippen LogP contribution in [0.1, 0.15) is 33.1 Å². The van der Waals surface area contributed by atoms with E-state index in [1.54, 1.807) is 6.92 Å². The average Bonchev–Trinajstić information content (AvgIpc) is 3.14. The number of nitrogens with one attached hydrogen (secondary N) is 1. The highest BCUT2D eigenvalue weighted by Gasteiger charge is 2.65. The molecule has 24 heavy (non-hydrogen) atoms. The maximum atomic E-state index is 11.9. The second-order valence-corrected chi connectivity index (χ2v) is 8.54. The van der Waals surface area contributed by atoms with Gasteiger partial charge in [-0.05, 0) is 19.3 Å². The third kappa shape index (κ3) is 3.11.